The Morgan fingerprint density at radius 3 is 2.61 bits per heavy atom. The summed E-state index contributed by atoms with van der Waals surface area (Å²) in [4.78, 5) is 11.9. The van der Waals surface area contributed by atoms with Crippen LogP contribution in [0.4, 0.5) is 5.95 Å². The van der Waals surface area contributed by atoms with Crippen molar-refractivity contribution in [2.45, 2.75) is 33.3 Å². The maximum Gasteiger partial charge on any atom is 0.322 e. The minimum absolute atomic E-state index is 0.0235. The average molecular weight is 275 g/mol. The van der Waals surface area contributed by atoms with E-state index in [4.69, 9.17) is 21.4 Å². The Bertz CT molecular complexity index is 376. The van der Waals surface area contributed by atoms with Crippen LogP contribution in [-0.4, -0.2) is 39.3 Å². The average Bonchev–Trinajstić information content (AvgIpc) is 2.25. The van der Waals surface area contributed by atoms with Gasteiger partial charge in [0.25, 0.3) is 0 Å². The minimum atomic E-state index is -0.0235. The Kier molecular flexibility index (Phi) is 6.07. The lowest BCUT2D eigenvalue weighted by atomic mass is 10.1. The molecule has 1 rings (SSSR count). The molecule has 0 aliphatic heterocycles. The highest BCUT2D eigenvalue weighted by molar-refractivity contribution is 6.28. The molecule has 0 fully saturated rings. The Hall–Kier alpha value is -1.14. The molecule has 1 atom stereocenters. The van der Waals surface area contributed by atoms with Crippen LogP contribution in [0, 0.1) is 5.92 Å². The monoisotopic (exact) mass is 274 g/mol. The molecule has 0 aliphatic rings. The van der Waals surface area contributed by atoms with Gasteiger partial charge in [0, 0.05) is 13.2 Å². The fourth-order valence-corrected chi connectivity index (χ4v) is 1.41. The van der Waals surface area contributed by atoms with Crippen molar-refractivity contribution in [3.8, 4) is 6.01 Å². The van der Waals surface area contributed by atoms with Gasteiger partial charge < -0.3 is 15.2 Å². The van der Waals surface area contributed by atoms with Gasteiger partial charge in [-0.2, -0.15) is 15.0 Å². The summed E-state index contributed by atoms with van der Waals surface area (Å²) in [5.41, 5.74) is 0. The van der Waals surface area contributed by atoms with Gasteiger partial charge in [0.15, 0.2) is 0 Å². The Balaban J connectivity index is 2.62. The number of hydrogen-bond acceptors (Lipinski definition) is 6. The van der Waals surface area contributed by atoms with Gasteiger partial charge in [0.1, 0.15) is 0 Å². The summed E-state index contributed by atoms with van der Waals surface area (Å²) in [6.45, 7) is 6.62. The van der Waals surface area contributed by atoms with Gasteiger partial charge in [-0.1, -0.05) is 6.92 Å². The van der Waals surface area contributed by atoms with Crippen molar-refractivity contribution in [1.82, 2.24) is 15.0 Å². The largest absolute Gasteiger partial charge is 0.461 e. The van der Waals surface area contributed by atoms with Crippen LogP contribution in [0.15, 0.2) is 0 Å². The molecule has 2 N–H and O–H groups in total. The second-order valence-electron chi connectivity index (χ2n) is 4.38. The highest BCUT2D eigenvalue weighted by atomic mass is 35.5. The molecule has 0 saturated carbocycles. The highest BCUT2D eigenvalue weighted by Gasteiger charge is 2.08. The molecule has 0 spiro atoms. The van der Waals surface area contributed by atoms with Gasteiger partial charge in [0.2, 0.25) is 11.2 Å². The van der Waals surface area contributed by atoms with Crippen LogP contribution in [0.25, 0.3) is 0 Å². The molecule has 0 saturated heterocycles. The van der Waals surface area contributed by atoms with Crippen molar-refractivity contribution < 1.29 is 9.84 Å². The van der Waals surface area contributed by atoms with Crippen LogP contribution in [0.2, 0.25) is 5.28 Å². The van der Waals surface area contributed by atoms with Crippen molar-refractivity contribution in [3.63, 3.8) is 0 Å². The van der Waals surface area contributed by atoms with Crippen LogP contribution in [0.5, 0.6) is 6.01 Å². The van der Waals surface area contributed by atoms with E-state index in [9.17, 15) is 0 Å². The summed E-state index contributed by atoms with van der Waals surface area (Å²) < 4.78 is 5.36. The van der Waals surface area contributed by atoms with Crippen LogP contribution in [-0.2, 0) is 0 Å². The van der Waals surface area contributed by atoms with Crippen molar-refractivity contribution >= 4 is 17.5 Å². The number of aromatic nitrogens is 3. The molecule has 102 valence electrons. The molecular formula is C11H19ClN4O2. The fourth-order valence-electron chi connectivity index (χ4n) is 1.26. The third kappa shape index (κ3) is 5.46. The maximum atomic E-state index is 8.81. The number of halogens is 1. The minimum Gasteiger partial charge on any atom is -0.461 e. The first-order valence-corrected chi connectivity index (χ1v) is 6.32. The number of ether oxygens (including phenoxy) is 1. The van der Waals surface area contributed by atoms with Crippen molar-refractivity contribution in [1.29, 1.82) is 0 Å². The summed E-state index contributed by atoms with van der Waals surface area (Å²) in [7, 11) is 0. The quantitative estimate of drug-likeness (QED) is 0.788. The lowest BCUT2D eigenvalue weighted by molar-refractivity contribution is 0.221. The first-order chi connectivity index (χ1) is 8.51. The van der Waals surface area contributed by atoms with E-state index in [1.165, 1.54) is 0 Å². The summed E-state index contributed by atoms with van der Waals surface area (Å²) >= 11 is 5.79. The molecule has 1 aromatic rings. The molecule has 0 aliphatic carbocycles. The molecule has 7 heteroatoms. The van der Waals surface area contributed by atoms with E-state index in [0.717, 1.165) is 6.42 Å². The second-order valence-corrected chi connectivity index (χ2v) is 4.71. The van der Waals surface area contributed by atoms with Gasteiger partial charge in [-0.05, 0) is 37.8 Å². The number of aliphatic hydroxyl groups excluding tert-OH is 1. The van der Waals surface area contributed by atoms with Gasteiger partial charge in [-0.3, -0.25) is 0 Å². The summed E-state index contributed by atoms with van der Waals surface area (Å²) in [5, 5.41) is 12.0. The number of nitrogens with zero attached hydrogens (tertiary/aromatic N) is 3. The second kappa shape index (κ2) is 7.33. The number of rotatable bonds is 7. The summed E-state index contributed by atoms with van der Waals surface area (Å²) in [6.07, 6.45) is 0.700. The number of nitrogens with one attached hydrogen (secondary N) is 1. The van der Waals surface area contributed by atoms with E-state index in [1.807, 2.05) is 20.8 Å². The molecule has 0 bridgehead atoms. The molecule has 0 amide bonds. The topological polar surface area (TPSA) is 80.2 Å². The molecule has 1 heterocycles. The van der Waals surface area contributed by atoms with Crippen molar-refractivity contribution in [2.75, 3.05) is 18.5 Å². The maximum absolute atomic E-state index is 8.81. The van der Waals surface area contributed by atoms with E-state index in [2.05, 4.69) is 20.3 Å². The van der Waals surface area contributed by atoms with Crippen LogP contribution < -0.4 is 10.1 Å². The molecule has 0 aromatic carbocycles. The predicted octanol–water partition coefficient (Wildman–Crippen LogP) is 1.74. The summed E-state index contributed by atoms with van der Waals surface area (Å²) in [6, 6.07) is 0.210. The van der Waals surface area contributed by atoms with Gasteiger partial charge in [-0.15, -0.1) is 0 Å². The zero-order valence-electron chi connectivity index (χ0n) is 10.9. The molecular weight excluding hydrogens is 256 g/mol. The fraction of sp³-hybridized carbons (Fsp3) is 0.727. The van der Waals surface area contributed by atoms with E-state index >= 15 is 0 Å². The van der Waals surface area contributed by atoms with Crippen molar-refractivity contribution in [3.05, 3.63) is 5.28 Å². The number of anilines is 1. The van der Waals surface area contributed by atoms with Gasteiger partial charge in [-0.25, -0.2) is 0 Å². The van der Waals surface area contributed by atoms with Crippen LogP contribution in [0.3, 0.4) is 0 Å². The summed E-state index contributed by atoms with van der Waals surface area (Å²) in [5.74, 6) is 0.704. The zero-order chi connectivity index (χ0) is 13.5. The first kappa shape index (κ1) is 14.9. The van der Waals surface area contributed by atoms with E-state index in [-0.39, 0.29) is 24.0 Å². The van der Waals surface area contributed by atoms with Crippen molar-refractivity contribution in [2.24, 2.45) is 5.92 Å². The van der Waals surface area contributed by atoms with E-state index < -0.39 is 0 Å². The SMILES string of the molecule is CC(CCO)CNc1nc(Cl)nc(OC(C)C)n1. The molecule has 6 nitrogen and oxygen atoms in total. The van der Waals surface area contributed by atoms with Gasteiger partial charge >= 0.3 is 6.01 Å². The molecule has 0 radical (unpaired) electrons. The zero-order valence-corrected chi connectivity index (χ0v) is 11.6. The van der Waals surface area contributed by atoms with Gasteiger partial charge in [0.05, 0.1) is 6.10 Å². The first-order valence-electron chi connectivity index (χ1n) is 5.94. The van der Waals surface area contributed by atoms with E-state index in [0.29, 0.717) is 18.4 Å². The smallest absolute Gasteiger partial charge is 0.322 e. The third-order valence-electron chi connectivity index (χ3n) is 2.16. The van der Waals surface area contributed by atoms with Crippen LogP contribution in [0.1, 0.15) is 27.2 Å². The van der Waals surface area contributed by atoms with Crippen LogP contribution >= 0.6 is 11.6 Å². The highest BCUT2D eigenvalue weighted by Crippen LogP contribution is 2.13. The molecule has 1 unspecified atom stereocenters. The van der Waals surface area contributed by atoms with E-state index in [1.54, 1.807) is 0 Å². The Labute approximate surface area is 112 Å². The lowest BCUT2D eigenvalue weighted by Gasteiger charge is -2.12. The third-order valence-corrected chi connectivity index (χ3v) is 2.33. The predicted molar refractivity (Wildman–Crippen MR) is 70.0 cm³/mol. The molecule has 1 aromatic heterocycles. The number of aliphatic hydroxyl groups is 1. The standard InChI is InChI=1S/C11H19ClN4O2/c1-7(2)18-11-15-9(12)14-10(16-11)13-6-8(3)4-5-17/h7-8,17H,4-6H2,1-3H3,(H,13,14,15,16). The lowest BCUT2D eigenvalue weighted by Crippen LogP contribution is -2.16. The normalized spacial score (nSPS) is 12.6. The number of hydrogen-bond donors (Lipinski definition) is 2. The molecule has 18 heavy (non-hydrogen) atoms. The Morgan fingerprint density at radius 1 is 1.28 bits per heavy atom. The Morgan fingerprint density at radius 2 is 2.00 bits per heavy atom.